The molecule has 3 nitrogen and oxygen atoms in total. The highest BCUT2D eigenvalue weighted by Gasteiger charge is 1.99. The Morgan fingerprint density at radius 3 is 2.62 bits per heavy atom. The maximum absolute atomic E-state index is 8.57. The number of nitrogens with two attached hydrogens (primary N) is 1. The van der Waals surface area contributed by atoms with Crippen molar-refractivity contribution in [1.82, 2.24) is 4.90 Å². The molecule has 78 valence electrons. The van der Waals surface area contributed by atoms with Gasteiger partial charge in [-0.25, -0.2) is 0 Å². The molecule has 0 aliphatic heterocycles. The minimum absolute atomic E-state index is 0.305. The minimum Gasteiger partial charge on any atom is -0.396 e. The van der Waals surface area contributed by atoms with Crippen LogP contribution in [0.2, 0.25) is 0 Å². The molecule has 0 aromatic rings. The predicted octanol–water partition coefficient (Wildman–Crippen LogP) is 0.596. The molecule has 0 heterocycles. The van der Waals surface area contributed by atoms with Crippen LogP contribution in [-0.4, -0.2) is 43.3 Å². The summed E-state index contributed by atoms with van der Waals surface area (Å²) in [6, 6.07) is 0. The van der Waals surface area contributed by atoms with E-state index < -0.39 is 0 Å². The Morgan fingerprint density at radius 2 is 2.08 bits per heavy atom. The zero-order valence-electron chi connectivity index (χ0n) is 8.63. The van der Waals surface area contributed by atoms with Gasteiger partial charge < -0.3 is 15.7 Å². The fourth-order valence-corrected chi connectivity index (χ4v) is 1.20. The second kappa shape index (κ2) is 8.23. The number of hydrogen-bond donors (Lipinski definition) is 2. The van der Waals surface area contributed by atoms with Crippen molar-refractivity contribution in [2.45, 2.75) is 19.3 Å². The van der Waals surface area contributed by atoms with Crippen LogP contribution in [0.3, 0.4) is 0 Å². The molecular formula is C10H22N2O. The average Bonchev–Trinajstić information content (AvgIpc) is 2.12. The largest absolute Gasteiger partial charge is 0.396 e. The van der Waals surface area contributed by atoms with E-state index in [0.717, 1.165) is 37.9 Å². The summed E-state index contributed by atoms with van der Waals surface area (Å²) in [5, 5.41) is 8.57. The average molecular weight is 186 g/mol. The van der Waals surface area contributed by atoms with Crippen molar-refractivity contribution in [2.24, 2.45) is 5.73 Å². The maximum Gasteiger partial charge on any atom is 0.0431 e. The van der Waals surface area contributed by atoms with E-state index in [2.05, 4.69) is 18.5 Å². The van der Waals surface area contributed by atoms with Crippen molar-refractivity contribution in [3.05, 3.63) is 12.2 Å². The quantitative estimate of drug-likeness (QED) is 0.431. The molecule has 0 rings (SSSR count). The van der Waals surface area contributed by atoms with Gasteiger partial charge in [0.1, 0.15) is 0 Å². The first-order valence-corrected chi connectivity index (χ1v) is 4.86. The molecule has 13 heavy (non-hydrogen) atoms. The van der Waals surface area contributed by atoms with Gasteiger partial charge in [0.2, 0.25) is 0 Å². The van der Waals surface area contributed by atoms with Crippen molar-refractivity contribution in [2.75, 3.05) is 33.3 Å². The molecule has 0 saturated carbocycles. The van der Waals surface area contributed by atoms with E-state index in [-0.39, 0.29) is 0 Å². The highest BCUT2D eigenvalue weighted by molar-refractivity contribution is 4.97. The van der Waals surface area contributed by atoms with Crippen molar-refractivity contribution in [3.8, 4) is 0 Å². The summed E-state index contributed by atoms with van der Waals surface area (Å²) in [6.45, 7) is 6.67. The Morgan fingerprint density at radius 1 is 1.38 bits per heavy atom. The summed E-state index contributed by atoms with van der Waals surface area (Å²) in [5.74, 6) is 0. The Balaban J connectivity index is 3.29. The first kappa shape index (κ1) is 12.6. The van der Waals surface area contributed by atoms with Gasteiger partial charge in [-0.3, -0.25) is 0 Å². The van der Waals surface area contributed by atoms with Gasteiger partial charge in [-0.05, 0) is 38.4 Å². The van der Waals surface area contributed by atoms with E-state index in [1.807, 2.05) is 0 Å². The van der Waals surface area contributed by atoms with Crippen molar-refractivity contribution in [1.29, 1.82) is 0 Å². The summed E-state index contributed by atoms with van der Waals surface area (Å²) >= 11 is 0. The molecule has 0 amide bonds. The normalized spacial score (nSPS) is 10.8. The minimum atomic E-state index is 0.305. The summed E-state index contributed by atoms with van der Waals surface area (Å²) in [4.78, 5) is 2.21. The Hall–Kier alpha value is -0.380. The van der Waals surface area contributed by atoms with Crippen LogP contribution in [0.25, 0.3) is 0 Å². The first-order chi connectivity index (χ1) is 6.20. The lowest BCUT2D eigenvalue weighted by molar-refractivity contribution is 0.275. The second-order valence-electron chi connectivity index (χ2n) is 3.48. The molecule has 0 fully saturated rings. The van der Waals surface area contributed by atoms with Crippen LogP contribution in [0.5, 0.6) is 0 Å². The summed E-state index contributed by atoms with van der Waals surface area (Å²) in [6.07, 6.45) is 3.14. The zero-order valence-corrected chi connectivity index (χ0v) is 8.63. The first-order valence-electron chi connectivity index (χ1n) is 4.86. The van der Waals surface area contributed by atoms with Crippen molar-refractivity contribution >= 4 is 0 Å². The van der Waals surface area contributed by atoms with Crippen LogP contribution in [0.15, 0.2) is 12.2 Å². The maximum atomic E-state index is 8.57. The number of aliphatic hydroxyl groups excluding tert-OH is 1. The number of unbranched alkanes of at least 4 members (excludes halogenated alkanes) is 2. The van der Waals surface area contributed by atoms with Gasteiger partial charge in [0.25, 0.3) is 0 Å². The fraction of sp³-hybridized carbons (Fsp3) is 0.800. The monoisotopic (exact) mass is 186 g/mol. The van der Waals surface area contributed by atoms with Crippen LogP contribution in [0.4, 0.5) is 0 Å². The SMILES string of the molecule is C=C(CN)CN(C)CCCCCO. The molecule has 0 saturated heterocycles. The molecule has 3 N–H and O–H groups in total. The number of rotatable bonds is 8. The lowest BCUT2D eigenvalue weighted by Gasteiger charge is -2.16. The van der Waals surface area contributed by atoms with Gasteiger partial charge in [-0.1, -0.05) is 6.58 Å². The smallest absolute Gasteiger partial charge is 0.0431 e. The van der Waals surface area contributed by atoms with Gasteiger partial charge in [0.15, 0.2) is 0 Å². The van der Waals surface area contributed by atoms with Crippen LogP contribution < -0.4 is 5.73 Å². The molecule has 0 aliphatic carbocycles. The van der Waals surface area contributed by atoms with Gasteiger partial charge in [-0.2, -0.15) is 0 Å². The highest BCUT2D eigenvalue weighted by Crippen LogP contribution is 1.98. The Labute approximate surface area is 81.2 Å². The van der Waals surface area contributed by atoms with Crippen LogP contribution in [0, 0.1) is 0 Å². The van der Waals surface area contributed by atoms with E-state index in [4.69, 9.17) is 10.8 Å². The third-order valence-corrected chi connectivity index (χ3v) is 1.98. The van der Waals surface area contributed by atoms with E-state index in [9.17, 15) is 0 Å². The molecule has 0 atom stereocenters. The van der Waals surface area contributed by atoms with Crippen LogP contribution in [-0.2, 0) is 0 Å². The van der Waals surface area contributed by atoms with Crippen LogP contribution in [0.1, 0.15) is 19.3 Å². The Kier molecular flexibility index (Phi) is 7.99. The molecule has 0 unspecified atom stereocenters. The van der Waals surface area contributed by atoms with E-state index >= 15 is 0 Å². The van der Waals surface area contributed by atoms with Gasteiger partial charge in [0.05, 0.1) is 0 Å². The molecule has 0 aliphatic rings. The zero-order chi connectivity index (χ0) is 10.1. The standard InChI is InChI=1S/C10H22N2O/c1-10(8-11)9-12(2)6-4-3-5-7-13/h13H,1,3-9,11H2,2H3. The summed E-state index contributed by atoms with van der Waals surface area (Å²) < 4.78 is 0. The van der Waals surface area contributed by atoms with Gasteiger partial charge in [-0.15, -0.1) is 0 Å². The molecule has 0 bridgehead atoms. The lowest BCUT2D eigenvalue weighted by atomic mass is 10.2. The van der Waals surface area contributed by atoms with Gasteiger partial charge in [0, 0.05) is 19.7 Å². The fourth-order valence-electron chi connectivity index (χ4n) is 1.20. The summed E-state index contributed by atoms with van der Waals surface area (Å²) in [7, 11) is 2.07. The Bertz CT molecular complexity index is 137. The lowest BCUT2D eigenvalue weighted by Crippen LogP contribution is -2.24. The van der Waals surface area contributed by atoms with E-state index in [1.165, 1.54) is 0 Å². The molecule has 0 aromatic heterocycles. The van der Waals surface area contributed by atoms with Crippen molar-refractivity contribution < 1.29 is 5.11 Å². The second-order valence-corrected chi connectivity index (χ2v) is 3.48. The van der Waals surface area contributed by atoms with E-state index in [1.54, 1.807) is 0 Å². The summed E-state index contributed by atoms with van der Waals surface area (Å²) in [5.41, 5.74) is 6.51. The third kappa shape index (κ3) is 7.96. The molecular weight excluding hydrogens is 164 g/mol. The topological polar surface area (TPSA) is 49.5 Å². The molecule has 0 aromatic carbocycles. The predicted molar refractivity (Wildman–Crippen MR) is 56.6 cm³/mol. The molecule has 3 heteroatoms. The molecule has 0 spiro atoms. The van der Waals surface area contributed by atoms with Crippen LogP contribution >= 0.6 is 0 Å². The number of aliphatic hydroxyl groups is 1. The van der Waals surface area contributed by atoms with Crippen molar-refractivity contribution in [3.63, 3.8) is 0 Å². The van der Waals surface area contributed by atoms with Gasteiger partial charge >= 0.3 is 0 Å². The number of likely N-dealkylation sites (N-methyl/N-ethyl adjacent to an activating group) is 1. The number of nitrogens with zero attached hydrogens (tertiary/aromatic N) is 1. The third-order valence-electron chi connectivity index (χ3n) is 1.98. The number of hydrogen-bond acceptors (Lipinski definition) is 3. The molecule has 0 radical (unpaired) electrons. The highest BCUT2D eigenvalue weighted by atomic mass is 16.2. The van der Waals surface area contributed by atoms with E-state index in [0.29, 0.717) is 13.2 Å².